The Labute approximate surface area is 99.9 Å². The van der Waals surface area contributed by atoms with Crippen molar-refractivity contribution in [3.63, 3.8) is 0 Å². The van der Waals surface area contributed by atoms with E-state index in [1.165, 1.54) is 20.5 Å². The molecule has 0 bridgehead atoms. The van der Waals surface area contributed by atoms with Crippen LogP contribution < -0.4 is 5.32 Å². The van der Waals surface area contributed by atoms with Gasteiger partial charge in [0.1, 0.15) is 0 Å². The number of thiophene rings is 2. The summed E-state index contributed by atoms with van der Waals surface area (Å²) in [6, 6.07) is 2.24. The highest BCUT2D eigenvalue weighted by atomic mass is 79.9. The van der Waals surface area contributed by atoms with E-state index in [4.69, 9.17) is 0 Å². The van der Waals surface area contributed by atoms with Crippen LogP contribution in [0.5, 0.6) is 0 Å². The van der Waals surface area contributed by atoms with E-state index in [1.807, 2.05) is 7.05 Å². The molecule has 0 amide bonds. The molecule has 0 spiro atoms. The molecule has 14 heavy (non-hydrogen) atoms. The van der Waals surface area contributed by atoms with Crippen LogP contribution in [0.3, 0.4) is 0 Å². The fraction of sp³-hybridized carbons (Fsp3) is 0.200. The van der Waals surface area contributed by atoms with Crippen molar-refractivity contribution >= 4 is 38.6 Å². The lowest BCUT2D eigenvalue weighted by Gasteiger charge is -1.93. The molecular formula is C10H10BrNS2. The summed E-state index contributed by atoms with van der Waals surface area (Å²) < 4.78 is 1.19. The average molecular weight is 288 g/mol. The summed E-state index contributed by atoms with van der Waals surface area (Å²) in [5, 5.41) is 9.66. The Morgan fingerprint density at radius 1 is 1.36 bits per heavy atom. The predicted molar refractivity (Wildman–Crippen MR) is 68.1 cm³/mol. The van der Waals surface area contributed by atoms with Gasteiger partial charge in [0.25, 0.3) is 0 Å². The topological polar surface area (TPSA) is 12.0 Å². The maximum atomic E-state index is 3.55. The van der Waals surface area contributed by atoms with Crippen LogP contribution in [0, 0.1) is 0 Å². The minimum Gasteiger partial charge on any atom is -0.316 e. The number of rotatable bonds is 3. The molecule has 2 rings (SSSR count). The second-order valence-electron chi connectivity index (χ2n) is 2.98. The fourth-order valence-corrected chi connectivity index (χ4v) is 3.93. The lowest BCUT2D eigenvalue weighted by atomic mass is 10.2. The third-order valence-electron chi connectivity index (χ3n) is 1.91. The third-order valence-corrected chi connectivity index (χ3v) is 4.63. The highest BCUT2D eigenvalue weighted by Crippen LogP contribution is 2.35. The van der Waals surface area contributed by atoms with Crippen molar-refractivity contribution in [3.8, 4) is 10.4 Å². The summed E-state index contributed by atoms with van der Waals surface area (Å²) in [7, 11) is 1.97. The van der Waals surface area contributed by atoms with E-state index in [9.17, 15) is 0 Å². The lowest BCUT2D eigenvalue weighted by Crippen LogP contribution is -2.03. The molecule has 0 aliphatic heterocycles. The van der Waals surface area contributed by atoms with Crippen LogP contribution in [0.25, 0.3) is 10.4 Å². The molecule has 0 aliphatic rings. The molecule has 0 unspecified atom stereocenters. The van der Waals surface area contributed by atoms with Gasteiger partial charge in [0.2, 0.25) is 0 Å². The van der Waals surface area contributed by atoms with Crippen LogP contribution >= 0.6 is 38.6 Å². The summed E-state index contributed by atoms with van der Waals surface area (Å²) in [4.78, 5) is 1.34. The van der Waals surface area contributed by atoms with Crippen molar-refractivity contribution in [1.29, 1.82) is 0 Å². The Bertz CT molecular complexity index is 419. The summed E-state index contributed by atoms with van der Waals surface area (Å²) in [6.07, 6.45) is 0. The SMILES string of the molecule is CNCc1csc(-c2cscc2Br)c1. The molecular weight excluding hydrogens is 278 g/mol. The van der Waals surface area contributed by atoms with E-state index in [0.717, 1.165) is 6.54 Å². The van der Waals surface area contributed by atoms with Gasteiger partial charge in [-0.05, 0) is 40.0 Å². The van der Waals surface area contributed by atoms with Crippen molar-refractivity contribution in [2.75, 3.05) is 7.05 Å². The van der Waals surface area contributed by atoms with Crippen LogP contribution in [0.15, 0.2) is 26.7 Å². The zero-order valence-electron chi connectivity index (χ0n) is 7.71. The molecule has 0 fully saturated rings. The summed E-state index contributed by atoms with van der Waals surface area (Å²) in [5.41, 5.74) is 2.66. The van der Waals surface area contributed by atoms with E-state index in [2.05, 4.69) is 43.5 Å². The van der Waals surface area contributed by atoms with Crippen molar-refractivity contribution in [2.24, 2.45) is 0 Å². The molecule has 0 atom stereocenters. The highest BCUT2D eigenvalue weighted by molar-refractivity contribution is 9.10. The Kier molecular flexibility index (Phi) is 3.38. The zero-order valence-corrected chi connectivity index (χ0v) is 10.9. The Morgan fingerprint density at radius 2 is 2.21 bits per heavy atom. The molecule has 0 saturated heterocycles. The van der Waals surface area contributed by atoms with Gasteiger partial charge < -0.3 is 5.32 Å². The molecule has 1 N–H and O–H groups in total. The molecule has 4 heteroatoms. The first-order valence-corrected chi connectivity index (χ1v) is 6.87. The summed E-state index contributed by atoms with van der Waals surface area (Å²) in [5.74, 6) is 0. The van der Waals surface area contributed by atoms with Gasteiger partial charge in [0.05, 0.1) is 0 Å². The molecule has 0 radical (unpaired) electrons. The van der Waals surface area contributed by atoms with Gasteiger partial charge >= 0.3 is 0 Å². The summed E-state index contributed by atoms with van der Waals surface area (Å²) in [6.45, 7) is 0.943. The third kappa shape index (κ3) is 2.08. The molecule has 0 saturated carbocycles. The Hall–Kier alpha value is -0.160. The number of halogens is 1. The van der Waals surface area contributed by atoms with E-state index in [0.29, 0.717) is 0 Å². The zero-order chi connectivity index (χ0) is 9.97. The molecule has 0 aromatic carbocycles. The van der Waals surface area contributed by atoms with Crippen molar-refractivity contribution in [2.45, 2.75) is 6.54 Å². The highest BCUT2D eigenvalue weighted by Gasteiger charge is 2.06. The smallest absolute Gasteiger partial charge is 0.0368 e. The minimum atomic E-state index is 0.943. The maximum Gasteiger partial charge on any atom is 0.0368 e. The fourth-order valence-electron chi connectivity index (χ4n) is 1.27. The molecule has 74 valence electrons. The van der Waals surface area contributed by atoms with Crippen molar-refractivity contribution in [1.82, 2.24) is 5.32 Å². The van der Waals surface area contributed by atoms with Crippen LogP contribution in [-0.4, -0.2) is 7.05 Å². The Balaban J connectivity index is 2.29. The van der Waals surface area contributed by atoms with Gasteiger partial charge in [-0.25, -0.2) is 0 Å². The average Bonchev–Trinajstić information content (AvgIpc) is 2.74. The van der Waals surface area contributed by atoms with Crippen LogP contribution in [-0.2, 0) is 6.54 Å². The number of hydrogen-bond acceptors (Lipinski definition) is 3. The van der Waals surface area contributed by atoms with Gasteiger partial charge in [-0.1, -0.05) is 0 Å². The lowest BCUT2D eigenvalue weighted by molar-refractivity contribution is 0.821. The monoisotopic (exact) mass is 287 g/mol. The van der Waals surface area contributed by atoms with E-state index in [-0.39, 0.29) is 0 Å². The second-order valence-corrected chi connectivity index (χ2v) is 5.49. The standard InChI is InChI=1S/C10H10BrNS2/c1-12-3-7-2-10(14-4-7)8-5-13-6-9(8)11/h2,4-6,12H,3H2,1H3. The van der Waals surface area contributed by atoms with Crippen LogP contribution in [0.4, 0.5) is 0 Å². The van der Waals surface area contributed by atoms with Gasteiger partial charge in [-0.2, -0.15) is 11.3 Å². The normalized spacial score (nSPS) is 10.7. The first kappa shape index (κ1) is 10.4. The molecule has 2 aromatic heterocycles. The molecule has 2 heterocycles. The summed E-state index contributed by atoms with van der Waals surface area (Å²) >= 11 is 7.08. The van der Waals surface area contributed by atoms with Gasteiger partial charge in [-0.15, -0.1) is 11.3 Å². The largest absolute Gasteiger partial charge is 0.316 e. The Morgan fingerprint density at radius 3 is 2.86 bits per heavy atom. The quantitative estimate of drug-likeness (QED) is 0.901. The van der Waals surface area contributed by atoms with Gasteiger partial charge in [-0.3, -0.25) is 0 Å². The van der Waals surface area contributed by atoms with Gasteiger partial charge in [0, 0.05) is 32.2 Å². The van der Waals surface area contributed by atoms with E-state index in [1.54, 1.807) is 22.7 Å². The first-order valence-electron chi connectivity index (χ1n) is 4.25. The maximum absolute atomic E-state index is 3.55. The second kappa shape index (κ2) is 4.57. The number of nitrogens with one attached hydrogen (secondary N) is 1. The van der Waals surface area contributed by atoms with Crippen molar-refractivity contribution in [3.05, 3.63) is 32.2 Å². The molecule has 1 nitrogen and oxygen atoms in total. The van der Waals surface area contributed by atoms with Gasteiger partial charge in [0.15, 0.2) is 0 Å². The van der Waals surface area contributed by atoms with E-state index >= 15 is 0 Å². The van der Waals surface area contributed by atoms with E-state index < -0.39 is 0 Å². The first-order chi connectivity index (χ1) is 6.81. The van der Waals surface area contributed by atoms with Crippen LogP contribution in [0.2, 0.25) is 0 Å². The number of hydrogen-bond donors (Lipinski definition) is 1. The predicted octanol–water partition coefficient (Wildman–Crippen LogP) is 3.96. The minimum absolute atomic E-state index is 0.943. The molecule has 2 aromatic rings. The van der Waals surface area contributed by atoms with Crippen molar-refractivity contribution < 1.29 is 0 Å². The molecule has 0 aliphatic carbocycles. The van der Waals surface area contributed by atoms with Crippen LogP contribution in [0.1, 0.15) is 5.56 Å².